The Morgan fingerprint density at radius 3 is 2.02 bits per heavy atom. The number of allylic oxidation sites excluding steroid dienone is 24. The van der Waals surface area contributed by atoms with Crippen molar-refractivity contribution in [1.82, 2.24) is 0 Å². The molecule has 0 radical (unpaired) electrons. The van der Waals surface area contributed by atoms with Gasteiger partial charge in [0.2, 0.25) is 0 Å². The van der Waals surface area contributed by atoms with E-state index < -0.39 is 6.17 Å². The van der Waals surface area contributed by atoms with Crippen LogP contribution < -0.4 is 0 Å². The molecule has 0 bridgehead atoms. The minimum atomic E-state index is -1.04. The van der Waals surface area contributed by atoms with Crippen molar-refractivity contribution in [3.05, 3.63) is 207 Å². The van der Waals surface area contributed by atoms with Crippen LogP contribution in [-0.4, -0.2) is 6.17 Å². The number of hydrogen-bond donors (Lipinski definition) is 0. The van der Waals surface area contributed by atoms with Crippen molar-refractivity contribution < 1.29 is 8.78 Å². The van der Waals surface area contributed by atoms with E-state index in [1.807, 2.05) is 30.4 Å². The van der Waals surface area contributed by atoms with Gasteiger partial charge < -0.3 is 0 Å². The van der Waals surface area contributed by atoms with E-state index in [0.717, 1.165) is 23.1 Å². The second-order valence-electron chi connectivity index (χ2n) is 15.9. The number of alkyl halides is 1. The molecule has 0 nitrogen and oxygen atoms in total. The maximum atomic E-state index is 16.1. The van der Waals surface area contributed by atoms with Gasteiger partial charge in [0.25, 0.3) is 0 Å². The molecule has 0 spiro atoms. The van der Waals surface area contributed by atoms with Crippen LogP contribution in [0.3, 0.4) is 0 Å². The molecule has 0 aliphatic heterocycles. The molecule has 0 heterocycles. The lowest BCUT2D eigenvalue weighted by Crippen LogP contribution is -2.32. The highest BCUT2D eigenvalue weighted by Gasteiger charge is 2.48. The van der Waals surface area contributed by atoms with Gasteiger partial charge in [0, 0.05) is 41.6 Å². The van der Waals surface area contributed by atoms with Crippen molar-refractivity contribution in [3.63, 3.8) is 0 Å². The Balaban J connectivity index is 1.12. The highest BCUT2D eigenvalue weighted by Crippen LogP contribution is 2.61. The highest BCUT2D eigenvalue weighted by atomic mass is 19.1. The lowest BCUT2D eigenvalue weighted by atomic mass is 9.60. The van der Waals surface area contributed by atoms with Gasteiger partial charge in [-0.15, -0.1) is 0 Å². The molecule has 9 aliphatic rings. The first-order chi connectivity index (χ1) is 25.6. The topological polar surface area (TPSA) is 0 Å². The van der Waals surface area contributed by atoms with Crippen molar-refractivity contribution in [1.29, 1.82) is 0 Å². The maximum Gasteiger partial charge on any atom is 0.130 e. The number of benzene rings is 3. The summed E-state index contributed by atoms with van der Waals surface area (Å²) in [5.41, 5.74) is 16.7. The molecule has 7 atom stereocenters. The first kappa shape index (κ1) is 29.3. The predicted molar refractivity (Wildman–Crippen MR) is 208 cm³/mol. The fraction of sp³-hybridized carbons (Fsp3) is 0.200. The van der Waals surface area contributed by atoms with Crippen molar-refractivity contribution >= 4 is 27.5 Å². The molecule has 250 valence electrons. The lowest BCUT2D eigenvalue weighted by Gasteiger charge is -2.43. The average molecular weight is 675 g/mol. The molecule has 7 unspecified atom stereocenters. The van der Waals surface area contributed by atoms with Gasteiger partial charge in [-0.25, -0.2) is 8.78 Å². The Kier molecular flexibility index (Phi) is 5.97. The molecule has 3 aromatic rings. The molecule has 9 aliphatic carbocycles. The second-order valence-corrected chi connectivity index (χ2v) is 15.9. The summed E-state index contributed by atoms with van der Waals surface area (Å²) in [4.78, 5) is 0. The zero-order chi connectivity index (χ0) is 34.2. The summed E-state index contributed by atoms with van der Waals surface area (Å²) >= 11 is 0. The average Bonchev–Trinajstić information content (AvgIpc) is 3.67. The summed E-state index contributed by atoms with van der Waals surface area (Å²) in [6.07, 6.45) is 31.7. The molecule has 0 aromatic heterocycles. The van der Waals surface area contributed by atoms with E-state index in [1.54, 1.807) is 12.1 Å². The van der Waals surface area contributed by atoms with Gasteiger partial charge in [0.15, 0.2) is 0 Å². The molecular formula is C50H36F2. The number of halogens is 2. The number of rotatable bonds is 2. The van der Waals surface area contributed by atoms with Crippen LogP contribution >= 0.6 is 0 Å². The van der Waals surface area contributed by atoms with Crippen LogP contribution in [0, 0.1) is 41.3 Å². The largest absolute Gasteiger partial charge is 0.242 e. The summed E-state index contributed by atoms with van der Waals surface area (Å²) in [5.74, 6) is 0.655. The normalized spacial score (nSPS) is 31.3. The quantitative estimate of drug-likeness (QED) is 0.254. The first-order valence-electron chi connectivity index (χ1n) is 19.1. The van der Waals surface area contributed by atoms with Crippen LogP contribution in [0.5, 0.6) is 0 Å². The summed E-state index contributed by atoms with van der Waals surface area (Å²) in [6, 6.07) is 20.5. The van der Waals surface area contributed by atoms with Crippen molar-refractivity contribution in [2.75, 3.05) is 0 Å². The minimum absolute atomic E-state index is 0.0125. The van der Waals surface area contributed by atoms with Crippen LogP contribution in [-0.2, 0) is 0 Å². The van der Waals surface area contributed by atoms with Gasteiger partial charge in [0.05, 0.1) is 0 Å². The van der Waals surface area contributed by atoms with E-state index >= 15 is 8.78 Å². The zero-order valence-electron chi connectivity index (χ0n) is 28.7. The van der Waals surface area contributed by atoms with Gasteiger partial charge in [0.1, 0.15) is 12.0 Å². The van der Waals surface area contributed by atoms with E-state index in [4.69, 9.17) is 0 Å². The molecular weight excluding hydrogens is 639 g/mol. The lowest BCUT2D eigenvalue weighted by molar-refractivity contribution is 0.378. The Bertz CT molecular complexity index is 2590. The molecule has 1 fully saturated rings. The Hall–Kier alpha value is -5.34. The van der Waals surface area contributed by atoms with E-state index in [0.29, 0.717) is 23.8 Å². The summed E-state index contributed by atoms with van der Waals surface area (Å²) in [5, 5.41) is 2.54. The van der Waals surface area contributed by atoms with Gasteiger partial charge in [-0.2, -0.15) is 0 Å². The molecule has 0 amide bonds. The Morgan fingerprint density at radius 1 is 0.577 bits per heavy atom. The van der Waals surface area contributed by atoms with Gasteiger partial charge in [-0.1, -0.05) is 134 Å². The smallest absolute Gasteiger partial charge is 0.130 e. The van der Waals surface area contributed by atoms with E-state index in [9.17, 15) is 0 Å². The Labute approximate surface area is 303 Å². The maximum absolute atomic E-state index is 16.1. The molecule has 1 saturated carbocycles. The van der Waals surface area contributed by atoms with Gasteiger partial charge >= 0.3 is 0 Å². The summed E-state index contributed by atoms with van der Waals surface area (Å²) in [7, 11) is 0. The Morgan fingerprint density at radius 2 is 1.23 bits per heavy atom. The molecule has 0 saturated heterocycles. The van der Waals surface area contributed by atoms with Crippen LogP contribution in [0.15, 0.2) is 184 Å². The fourth-order valence-electron chi connectivity index (χ4n) is 11.3. The summed E-state index contributed by atoms with van der Waals surface area (Å²) < 4.78 is 32.1. The molecule has 12 rings (SSSR count). The molecule has 3 aromatic carbocycles. The van der Waals surface area contributed by atoms with Gasteiger partial charge in [-0.05, 0) is 108 Å². The fourth-order valence-corrected chi connectivity index (χ4v) is 11.3. The molecule has 2 heteroatoms. The van der Waals surface area contributed by atoms with E-state index in [1.165, 1.54) is 72.9 Å². The minimum Gasteiger partial charge on any atom is -0.242 e. The first-order valence-corrected chi connectivity index (χ1v) is 19.1. The van der Waals surface area contributed by atoms with Crippen LogP contribution in [0.25, 0.3) is 27.5 Å². The van der Waals surface area contributed by atoms with E-state index in [-0.39, 0.29) is 29.5 Å². The zero-order valence-corrected chi connectivity index (χ0v) is 28.7. The number of hydrogen-bond acceptors (Lipinski definition) is 0. The van der Waals surface area contributed by atoms with E-state index in [2.05, 4.69) is 97.2 Å². The molecule has 0 N–H and O–H groups in total. The van der Waals surface area contributed by atoms with Crippen molar-refractivity contribution in [3.8, 4) is 0 Å². The third kappa shape index (κ3) is 3.85. The third-order valence-corrected chi connectivity index (χ3v) is 13.4. The monoisotopic (exact) mass is 674 g/mol. The summed E-state index contributed by atoms with van der Waals surface area (Å²) in [6.45, 7) is 0. The van der Waals surface area contributed by atoms with Gasteiger partial charge in [-0.3, -0.25) is 0 Å². The van der Waals surface area contributed by atoms with Crippen molar-refractivity contribution in [2.45, 2.75) is 25.4 Å². The number of fused-ring (bicyclic) bond motifs is 10. The van der Waals surface area contributed by atoms with Crippen molar-refractivity contribution in [2.24, 2.45) is 35.5 Å². The highest BCUT2D eigenvalue weighted by molar-refractivity contribution is 6.23. The van der Waals surface area contributed by atoms with Crippen LogP contribution in [0.2, 0.25) is 0 Å². The molecule has 52 heavy (non-hydrogen) atoms. The van der Waals surface area contributed by atoms with Crippen LogP contribution in [0.1, 0.15) is 36.0 Å². The SMILES string of the molecule is Fc1ccccc1C1=CC2=C(C=C(C3=CC=CCC3F)C3C=C4C(=CC23)C2=CCCC3C=CC=C4C23)C2C=C3C(=CC12)c1cccc2cccc3c12. The third-order valence-electron chi connectivity index (χ3n) is 13.4. The second kappa shape index (κ2) is 10.6. The van der Waals surface area contributed by atoms with Crippen LogP contribution in [0.4, 0.5) is 8.78 Å². The predicted octanol–water partition coefficient (Wildman–Crippen LogP) is 12.1. The standard InChI is InChI=1S/C50H36F2/c51-47-19-3-1-13-29(47)35-21-43-44(45-25-39-33-17-7-11-27-9-5-15-31(49(27)33)37(39)23-41(35)45)22-36(30-14-2-4-20-48(30)52)42-24-38-32-16-6-10-28-12-8-18-34(50(28)32)40(38)26-46(42)43/h1-7,9-11,13-19,21-26,28,41-42,45-46,48,50H,8,12,20H2.